The first-order valence-electron chi connectivity index (χ1n) is 6.09. The van der Waals surface area contributed by atoms with E-state index in [4.69, 9.17) is 4.74 Å². The van der Waals surface area contributed by atoms with Crippen molar-refractivity contribution in [2.24, 2.45) is 0 Å². The van der Waals surface area contributed by atoms with Gasteiger partial charge in [0.05, 0.1) is 6.61 Å². The molecule has 0 aliphatic heterocycles. The lowest BCUT2D eigenvalue weighted by Crippen LogP contribution is -2.32. The van der Waals surface area contributed by atoms with Crippen molar-refractivity contribution in [3.8, 4) is 0 Å². The highest BCUT2D eigenvalue weighted by atomic mass is 32.2. The van der Waals surface area contributed by atoms with Crippen LogP contribution in [-0.4, -0.2) is 30.4 Å². The topological polar surface area (TPSA) is 38.3 Å². The molecule has 1 aromatic carbocycles. The van der Waals surface area contributed by atoms with Crippen LogP contribution in [0.15, 0.2) is 30.3 Å². The summed E-state index contributed by atoms with van der Waals surface area (Å²) in [6.45, 7) is 1.96. The van der Waals surface area contributed by atoms with Gasteiger partial charge >= 0.3 is 11.5 Å². The minimum absolute atomic E-state index is 0.0581. The van der Waals surface area contributed by atoms with Crippen LogP contribution in [0.4, 0.5) is 13.2 Å². The van der Waals surface area contributed by atoms with Crippen molar-refractivity contribution in [3.63, 3.8) is 0 Å². The van der Waals surface area contributed by atoms with Gasteiger partial charge in [0, 0.05) is 12.3 Å². The Balaban J connectivity index is 2.58. The average Bonchev–Trinajstić information content (AvgIpc) is 2.38. The van der Waals surface area contributed by atoms with E-state index in [1.54, 1.807) is 37.3 Å². The molecule has 0 heterocycles. The highest BCUT2D eigenvalue weighted by molar-refractivity contribution is 8.00. The van der Waals surface area contributed by atoms with Gasteiger partial charge in [0.25, 0.3) is 0 Å². The van der Waals surface area contributed by atoms with Crippen LogP contribution in [0, 0.1) is 0 Å². The third-order valence-electron chi connectivity index (χ3n) is 2.37. The maximum absolute atomic E-state index is 12.0. The lowest BCUT2D eigenvalue weighted by molar-refractivity contribution is -0.145. The van der Waals surface area contributed by atoms with Crippen LogP contribution in [-0.2, 0) is 9.53 Å². The van der Waals surface area contributed by atoms with Crippen LogP contribution in [0.1, 0.15) is 18.5 Å². The van der Waals surface area contributed by atoms with Crippen LogP contribution in [0.5, 0.6) is 0 Å². The summed E-state index contributed by atoms with van der Waals surface area (Å²) in [6.07, 6.45) is 0. The number of hydrogen-bond acceptors (Lipinski definition) is 4. The van der Waals surface area contributed by atoms with E-state index in [2.05, 4.69) is 5.32 Å². The smallest absolute Gasteiger partial charge is 0.441 e. The molecule has 0 saturated carbocycles. The van der Waals surface area contributed by atoms with E-state index in [9.17, 15) is 18.0 Å². The van der Waals surface area contributed by atoms with E-state index in [-0.39, 0.29) is 30.7 Å². The molecule has 0 amide bonds. The predicted molar refractivity (Wildman–Crippen MR) is 72.3 cm³/mol. The minimum atomic E-state index is -4.26. The quantitative estimate of drug-likeness (QED) is 0.620. The Bertz CT molecular complexity index is 412. The van der Waals surface area contributed by atoms with Crippen molar-refractivity contribution < 1.29 is 22.7 Å². The van der Waals surface area contributed by atoms with Gasteiger partial charge in [-0.3, -0.25) is 5.32 Å². The summed E-state index contributed by atoms with van der Waals surface area (Å²) in [5.41, 5.74) is -3.59. The first kappa shape index (κ1) is 16.8. The molecule has 0 bridgehead atoms. The lowest BCUT2D eigenvalue weighted by Gasteiger charge is -2.17. The van der Waals surface area contributed by atoms with Gasteiger partial charge in [-0.15, -0.1) is 0 Å². The van der Waals surface area contributed by atoms with Crippen LogP contribution < -0.4 is 5.32 Å². The van der Waals surface area contributed by atoms with E-state index >= 15 is 0 Å². The van der Waals surface area contributed by atoms with Gasteiger partial charge in [-0.1, -0.05) is 30.3 Å². The summed E-state index contributed by atoms with van der Waals surface area (Å²) < 4.78 is 41.0. The molecule has 0 fully saturated rings. The van der Waals surface area contributed by atoms with Crippen LogP contribution in [0.25, 0.3) is 0 Å². The second-order valence-electron chi connectivity index (χ2n) is 3.84. The molecule has 0 aromatic heterocycles. The van der Waals surface area contributed by atoms with Crippen LogP contribution in [0.2, 0.25) is 0 Å². The van der Waals surface area contributed by atoms with Gasteiger partial charge in [-0.05, 0) is 24.2 Å². The molecule has 1 atom stereocenters. The molecule has 1 rings (SSSR count). The van der Waals surface area contributed by atoms with Crippen molar-refractivity contribution >= 4 is 17.7 Å². The fourth-order valence-corrected chi connectivity index (χ4v) is 2.03. The standard InChI is InChI=1S/C13H16F3NO2S/c1-2-19-12(18)11(10-6-4-3-5-7-10)17-8-9-20-13(14,15)16/h3-7,11,17H,2,8-9H2,1H3. The number of benzene rings is 1. The molecule has 7 heteroatoms. The summed E-state index contributed by atoms with van der Waals surface area (Å²) in [6, 6.07) is 8.02. The van der Waals surface area contributed by atoms with Crippen molar-refractivity contribution in [2.45, 2.75) is 18.5 Å². The SMILES string of the molecule is CCOC(=O)C(NCCSC(F)(F)F)c1ccccc1. The number of rotatable bonds is 7. The average molecular weight is 307 g/mol. The van der Waals surface area contributed by atoms with Gasteiger partial charge in [-0.25, -0.2) is 4.79 Å². The number of thioether (sulfide) groups is 1. The Morgan fingerprint density at radius 2 is 2.00 bits per heavy atom. The molecule has 20 heavy (non-hydrogen) atoms. The Kier molecular flexibility index (Phi) is 6.87. The highest BCUT2D eigenvalue weighted by Crippen LogP contribution is 2.29. The lowest BCUT2D eigenvalue weighted by atomic mass is 10.1. The monoisotopic (exact) mass is 307 g/mol. The summed E-state index contributed by atoms with van der Waals surface area (Å²) in [7, 11) is 0. The fourth-order valence-electron chi connectivity index (χ4n) is 1.58. The third-order valence-corrected chi connectivity index (χ3v) is 3.11. The van der Waals surface area contributed by atoms with Crippen molar-refractivity contribution in [1.82, 2.24) is 5.32 Å². The number of hydrogen-bond donors (Lipinski definition) is 1. The van der Waals surface area contributed by atoms with Crippen molar-refractivity contribution in [1.29, 1.82) is 0 Å². The van der Waals surface area contributed by atoms with Crippen molar-refractivity contribution in [3.05, 3.63) is 35.9 Å². The van der Waals surface area contributed by atoms with Crippen LogP contribution in [0.3, 0.4) is 0 Å². The Morgan fingerprint density at radius 1 is 1.35 bits per heavy atom. The van der Waals surface area contributed by atoms with Gasteiger partial charge < -0.3 is 4.74 Å². The molecule has 0 aliphatic carbocycles. The van der Waals surface area contributed by atoms with Gasteiger partial charge in [0.15, 0.2) is 0 Å². The number of carbonyl (C=O) groups excluding carboxylic acids is 1. The van der Waals surface area contributed by atoms with E-state index in [0.29, 0.717) is 5.56 Å². The zero-order valence-corrected chi connectivity index (χ0v) is 11.8. The normalized spacial score (nSPS) is 13.0. The Morgan fingerprint density at radius 3 is 2.55 bits per heavy atom. The van der Waals surface area contributed by atoms with E-state index in [1.807, 2.05) is 0 Å². The Hall–Kier alpha value is -1.21. The molecule has 1 N–H and O–H groups in total. The van der Waals surface area contributed by atoms with Gasteiger partial charge in [0.1, 0.15) is 6.04 Å². The second kappa shape index (κ2) is 8.16. The van der Waals surface area contributed by atoms with Crippen LogP contribution >= 0.6 is 11.8 Å². The van der Waals surface area contributed by atoms with Crippen molar-refractivity contribution in [2.75, 3.05) is 18.9 Å². The molecule has 0 spiro atoms. The minimum Gasteiger partial charge on any atom is -0.465 e. The van der Waals surface area contributed by atoms with E-state index < -0.39 is 17.5 Å². The molecule has 112 valence electrons. The first-order valence-corrected chi connectivity index (χ1v) is 7.08. The zero-order chi connectivity index (χ0) is 15.0. The largest absolute Gasteiger partial charge is 0.465 e. The third kappa shape index (κ3) is 6.29. The van der Waals surface area contributed by atoms with E-state index in [1.165, 1.54) is 0 Å². The van der Waals surface area contributed by atoms with Gasteiger partial charge in [0.2, 0.25) is 0 Å². The summed E-state index contributed by atoms with van der Waals surface area (Å²) >= 11 is -0.119. The number of ether oxygens (including phenoxy) is 1. The number of carbonyl (C=O) groups is 1. The highest BCUT2D eigenvalue weighted by Gasteiger charge is 2.28. The Labute approximate surface area is 119 Å². The maximum atomic E-state index is 12.0. The molecule has 0 radical (unpaired) electrons. The molecule has 1 aromatic rings. The summed E-state index contributed by atoms with van der Waals surface area (Å²) in [5.74, 6) is -0.651. The molecular weight excluding hydrogens is 291 g/mol. The summed E-state index contributed by atoms with van der Waals surface area (Å²) in [5, 5.41) is 2.80. The molecule has 0 saturated heterocycles. The summed E-state index contributed by atoms with van der Waals surface area (Å²) in [4.78, 5) is 11.8. The van der Waals surface area contributed by atoms with Gasteiger partial charge in [-0.2, -0.15) is 13.2 Å². The number of esters is 1. The fraction of sp³-hybridized carbons (Fsp3) is 0.462. The first-order chi connectivity index (χ1) is 9.44. The number of alkyl halides is 3. The maximum Gasteiger partial charge on any atom is 0.441 e. The molecule has 3 nitrogen and oxygen atoms in total. The molecular formula is C13H16F3NO2S. The second-order valence-corrected chi connectivity index (χ2v) is 5.00. The number of nitrogens with one attached hydrogen (secondary N) is 1. The molecule has 1 unspecified atom stereocenters. The zero-order valence-electron chi connectivity index (χ0n) is 10.9. The predicted octanol–water partition coefficient (Wildman–Crippen LogP) is 3.13. The van der Waals surface area contributed by atoms with E-state index in [0.717, 1.165) is 0 Å². The number of halogens is 3. The molecule has 0 aliphatic rings.